The fourth-order valence-electron chi connectivity index (χ4n) is 5.41. The molecule has 7 heterocycles. The lowest BCUT2D eigenvalue weighted by atomic mass is 10.1. The number of amidine groups is 2. The van der Waals surface area contributed by atoms with Crippen molar-refractivity contribution in [3.63, 3.8) is 0 Å². The minimum atomic E-state index is -5.26. The Morgan fingerprint density at radius 3 is 2.24 bits per heavy atom. The number of hydrogen-bond donors (Lipinski definition) is 4. The zero-order chi connectivity index (χ0) is 31.8. The minimum absolute atomic E-state index is 0.0615. The van der Waals surface area contributed by atoms with Crippen molar-refractivity contribution < 1.29 is 64.9 Å². The maximum absolute atomic E-state index is 15.8. The fraction of sp³-hybridized carbons (Fsp3) is 0.600. The molecule has 7 aliphatic heterocycles. The van der Waals surface area contributed by atoms with Crippen LogP contribution < -0.4 is 5.32 Å². The van der Waals surface area contributed by atoms with Crippen molar-refractivity contribution in [2.24, 2.45) is 25.0 Å². The Kier molecular flexibility index (Phi) is 7.39. The van der Waals surface area contributed by atoms with Gasteiger partial charge < -0.3 is 19.3 Å². The van der Waals surface area contributed by atoms with Crippen LogP contribution in [0.1, 0.15) is 0 Å². The number of nitrogens with zero attached hydrogens (tertiary/aromatic N) is 7. The zero-order valence-electron chi connectivity index (χ0n) is 22.2. The molecule has 25 heteroatoms. The minimum Gasteiger partial charge on any atom is -0.346 e. The Balaban J connectivity index is 1.15. The summed E-state index contributed by atoms with van der Waals surface area (Å²) in [5.41, 5.74) is 0. The van der Waals surface area contributed by atoms with Gasteiger partial charge in [-0.15, -0.1) is 0 Å². The predicted octanol–water partition coefficient (Wildman–Crippen LogP) is -2.01. The van der Waals surface area contributed by atoms with E-state index >= 15 is 8.78 Å². The largest absolute Gasteiger partial charge is 0.472 e. The first kappa shape index (κ1) is 30.4. The van der Waals surface area contributed by atoms with Gasteiger partial charge in [0.15, 0.2) is 42.7 Å². The Morgan fingerprint density at radius 1 is 0.889 bits per heavy atom. The van der Waals surface area contributed by atoms with Gasteiger partial charge in [0.25, 0.3) is 11.8 Å². The normalized spacial score (nSPS) is 46.1. The number of fused-ring (bicyclic) bond motifs is 5. The quantitative estimate of drug-likeness (QED) is 0.230. The van der Waals surface area contributed by atoms with E-state index in [1.165, 1.54) is 0 Å². The average Bonchev–Trinajstić information content (AvgIpc) is 3.72. The summed E-state index contributed by atoms with van der Waals surface area (Å²) < 4.78 is 88.9. The highest BCUT2D eigenvalue weighted by atomic mass is 31.2. The number of nitrogens with one attached hydrogen (secondary N) is 2. The van der Waals surface area contributed by atoms with Crippen LogP contribution in [-0.2, 0) is 46.3 Å². The maximum Gasteiger partial charge on any atom is 0.472 e. The number of carbonyl (C=O) groups excluding carboxylic acids is 2. The number of carbonyl (C=O) groups is 2. The van der Waals surface area contributed by atoms with Crippen LogP contribution in [0.15, 0.2) is 25.0 Å². The number of hydrogen-bond acceptors (Lipinski definition) is 16. The number of rotatable bonds is 2. The van der Waals surface area contributed by atoms with Crippen LogP contribution in [0.25, 0.3) is 0 Å². The molecule has 0 aliphatic carbocycles. The molecule has 12 atom stereocenters. The number of guanidine groups is 1. The Bertz CT molecular complexity index is 1600. The molecule has 45 heavy (non-hydrogen) atoms. The monoisotopic (exact) mass is 679 g/mol. The smallest absolute Gasteiger partial charge is 0.346 e. The van der Waals surface area contributed by atoms with Crippen molar-refractivity contribution in [1.29, 1.82) is 5.41 Å². The number of halogens is 2. The third-order valence-corrected chi connectivity index (χ3v) is 9.39. The molecule has 0 aromatic heterocycles. The third-order valence-electron chi connectivity index (χ3n) is 7.42. The highest BCUT2D eigenvalue weighted by molar-refractivity contribution is 7.47. The fourth-order valence-corrected chi connectivity index (χ4v) is 7.29. The molecule has 21 nitrogen and oxygen atoms in total. The summed E-state index contributed by atoms with van der Waals surface area (Å²) in [5, 5.41) is 9.85. The number of phosphoric acid groups is 2. The second-order valence-electron chi connectivity index (χ2n) is 10.2. The maximum atomic E-state index is 15.8. The number of aliphatic imine (C=N–C) groups is 5. The Labute approximate surface area is 249 Å². The van der Waals surface area contributed by atoms with Crippen LogP contribution in [0.5, 0.6) is 0 Å². The average molecular weight is 679 g/mol. The van der Waals surface area contributed by atoms with Crippen molar-refractivity contribution in [3.8, 4) is 0 Å². The second kappa shape index (κ2) is 10.9. The molecule has 3 saturated heterocycles. The van der Waals surface area contributed by atoms with Gasteiger partial charge in [0.2, 0.25) is 5.96 Å². The van der Waals surface area contributed by atoms with E-state index in [2.05, 4.69) is 30.3 Å². The highest BCUT2D eigenvalue weighted by Gasteiger charge is 2.58. The van der Waals surface area contributed by atoms with E-state index in [4.69, 9.17) is 33.0 Å². The standard InChI is InChI=1S/C20H21F2N9O12P2/c21-8-6-1-38-44(34,35)42-12-7(41-18(9(12)22)30-4-26-10-14(30)24-3-25-16(10)32)2-39-45(36,37)43-13(8)19(40-6)31-5-27-11-15(31)28-20(23)29-17(11)33/h3-13,18-19H,1-2H2,(H,34,35)(H,36,37)(H2,23,29,33)/t6-,7-,8-,9-,10?,11?,12-,13-,18-,19-/m1/s1. The van der Waals surface area contributed by atoms with Crippen LogP contribution >= 0.6 is 15.6 Å². The highest BCUT2D eigenvalue weighted by Crippen LogP contribution is 2.53. The van der Waals surface area contributed by atoms with Crippen molar-refractivity contribution in [1.82, 2.24) is 15.1 Å². The SMILES string of the molecule is N=C1N=C2C(N=CN2[C@@H]2O[C@@H]3COP(=O)(O)O[C@H]4[C@@H](F)[C@H](N5C=NC6C(=O)N=CN=C65)O[C@@H]4COP(=O)(O)O[C@@H]2[C@@H]3F)C(=O)N1. The molecule has 242 valence electrons. The number of phosphoric ester groups is 2. The van der Waals surface area contributed by atoms with Crippen LogP contribution in [0, 0.1) is 5.41 Å². The second-order valence-corrected chi connectivity index (χ2v) is 13.0. The van der Waals surface area contributed by atoms with Gasteiger partial charge in [-0.2, -0.15) is 9.98 Å². The molecule has 7 aliphatic rings. The van der Waals surface area contributed by atoms with Gasteiger partial charge in [-0.1, -0.05) is 0 Å². The van der Waals surface area contributed by atoms with E-state index in [1.54, 1.807) is 0 Å². The van der Waals surface area contributed by atoms with Gasteiger partial charge >= 0.3 is 15.6 Å². The summed E-state index contributed by atoms with van der Waals surface area (Å²) in [7, 11) is -10.5. The molecule has 2 amide bonds. The van der Waals surface area contributed by atoms with E-state index in [0.29, 0.717) is 0 Å². The lowest BCUT2D eigenvalue weighted by Crippen LogP contribution is -2.53. The first-order chi connectivity index (χ1) is 21.3. The molecular formula is C20H21F2N9O12P2. The number of ether oxygens (including phenoxy) is 2. The summed E-state index contributed by atoms with van der Waals surface area (Å²) in [6.45, 7) is -2.00. The van der Waals surface area contributed by atoms with Crippen LogP contribution in [0.2, 0.25) is 0 Å². The molecule has 0 aromatic carbocycles. The van der Waals surface area contributed by atoms with Gasteiger partial charge in [0.1, 0.15) is 36.6 Å². The molecule has 0 saturated carbocycles. The van der Waals surface area contributed by atoms with Crippen molar-refractivity contribution in [2.75, 3.05) is 13.2 Å². The molecule has 3 fully saturated rings. The van der Waals surface area contributed by atoms with E-state index in [9.17, 15) is 28.5 Å². The molecule has 4 unspecified atom stereocenters. The molecule has 7 rings (SSSR count). The van der Waals surface area contributed by atoms with Gasteiger partial charge in [0.05, 0.1) is 25.9 Å². The molecule has 0 spiro atoms. The zero-order valence-corrected chi connectivity index (χ0v) is 24.0. The van der Waals surface area contributed by atoms with E-state index in [1.807, 2.05) is 0 Å². The van der Waals surface area contributed by atoms with Gasteiger partial charge in [-0.3, -0.25) is 58.2 Å². The van der Waals surface area contributed by atoms with Gasteiger partial charge in [0, 0.05) is 0 Å². The van der Waals surface area contributed by atoms with E-state index in [-0.39, 0.29) is 11.7 Å². The lowest BCUT2D eigenvalue weighted by molar-refractivity contribution is -0.120. The van der Waals surface area contributed by atoms with Crippen LogP contribution in [0.4, 0.5) is 8.78 Å². The molecule has 2 bridgehead atoms. The van der Waals surface area contributed by atoms with E-state index < -0.39 is 108 Å². The van der Waals surface area contributed by atoms with Crippen LogP contribution in [-0.4, -0.2) is 143 Å². The Morgan fingerprint density at radius 2 is 1.51 bits per heavy atom. The number of amides is 2. The molecule has 0 radical (unpaired) electrons. The van der Waals surface area contributed by atoms with Crippen molar-refractivity contribution >= 4 is 64.1 Å². The molecule has 0 aromatic rings. The third kappa shape index (κ3) is 5.37. The van der Waals surface area contributed by atoms with Crippen molar-refractivity contribution in [3.05, 3.63) is 0 Å². The first-order valence-corrected chi connectivity index (χ1v) is 16.0. The van der Waals surface area contributed by atoms with Gasteiger partial charge in [-0.05, 0) is 0 Å². The van der Waals surface area contributed by atoms with Gasteiger partial charge in [-0.25, -0.2) is 22.9 Å². The molecular weight excluding hydrogens is 658 g/mol. The molecule has 4 N–H and O–H groups in total. The van der Waals surface area contributed by atoms with E-state index in [0.717, 1.165) is 28.8 Å². The predicted molar refractivity (Wildman–Crippen MR) is 141 cm³/mol. The summed E-state index contributed by atoms with van der Waals surface area (Å²) in [6.07, 6.45) is -12.3. The summed E-state index contributed by atoms with van der Waals surface area (Å²) in [6, 6.07) is -2.42. The summed E-state index contributed by atoms with van der Waals surface area (Å²) in [4.78, 5) is 66.5. The first-order valence-electron chi connectivity index (χ1n) is 13.0. The number of alkyl halides is 2. The lowest BCUT2D eigenvalue weighted by Gasteiger charge is -2.30. The topological polar surface area (TPSA) is 268 Å². The summed E-state index contributed by atoms with van der Waals surface area (Å²) >= 11 is 0. The van der Waals surface area contributed by atoms with Crippen LogP contribution in [0.3, 0.4) is 0 Å². The van der Waals surface area contributed by atoms with Crippen molar-refractivity contribution in [2.45, 2.75) is 61.3 Å². The summed E-state index contributed by atoms with van der Waals surface area (Å²) in [5.74, 6) is -2.22. The Hall–Kier alpha value is -3.24.